The predicted octanol–water partition coefficient (Wildman–Crippen LogP) is 2.74. The van der Waals surface area contributed by atoms with Gasteiger partial charge in [-0.3, -0.25) is 9.40 Å². The summed E-state index contributed by atoms with van der Waals surface area (Å²) in [5, 5.41) is 4.13. The smallest absolute Gasteiger partial charge is 0.262 e. The third-order valence-corrected chi connectivity index (χ3v) is 4.94. The minimum Gasteiger partial charge on any atom is -0.276 e. The van der Waals surface area contributed by atoms with Gasteiger partial charge in [-0.05, 0) is 48.0 Å². The molecule has 2 rings (SSSR count). The third kappa shape index (κ3) is 2.71. The molecule has 0 aliphatic heterocycles. The first-order chi connectivity index (χ1) is 9.22. The van der Waals surface area contributed by atoms with Gasteiger partial charge in [-0.1, -0.05) is 0 Å². The number of hydrogen-bond donors (Lipinski definition) is 1. The van der Waals surface area contributed by atoms with Crippen LogP contribution in [0.1, 0.15) is 11.4 Å². The highest BCUT2D eigenvalue weighted by molar-refractivity contribution is 9.10. The van der Waals surface area contributed by atoms with Crippen LogP contribution in [0, 0.1) is 19.7 Å². The van der Waals surface area contributed by atoms with E-state index in [1.807, 2.05) is 0 Å². The number of halogens is 2. The Hall–Kier alpha value is -1.41. The highest BCUT2D eigenvalue weighted by atomic mass is 79.9. The van der Waals surface area contributed by atoms with E-state index in [-0.39, 0.29) is 9.37 Å². The lowest BCUT2D eigenvalue weighted by Crippen LogP contribution is -2.14. The standard InChI is InChI=1S/C12H13BrFN3O2S/c1-7-12(8(2)17(3)15-7)16-20(18,19)9-4-5-10(13)11(14)6-9/h4-6,16H,1-3H3. The zero-order valence-corrected chi connectivity index (χ0v) is 13.5. The van der Waals surface area contributed by atoms with Gasteiger partial charge in [0.2, 0.25) is 0 Å². The van der Waals surface area contributed by atoms with Crippen molar-refractivity contribution in [2.45, 2.75) is 18.7 Å². The number of nitrogens with zero attached hydrogens (tertiary/aromatic N) is 2. The van der Waals surface area contributed by atoms with Gasteiger partial charge in [0.25, 0.3) is 10.0 Å². The normalized spacial score (nSPS) is 11.7. The molecule has 0 atom stereocenters. The minimum atomic E-state index is -3.85. The van der Waals surface area contributed by atoms with Gasteiger partial charge in [0.15, 0.2) is 0 Å². The Bertz CT molecular complexity index is 771. The summed E-state index contributed by atoms with van der Waals surface area (Å²) in [6, 6.07) is 3.65. The fourth-order valence-corrected chi connectivity index (χ4v) is 3.19. The summed E-state index contributed by atoms with van der Waals surface area (Å²) in [6.45, 7) is 3.45. The summed E-state index contributed by atoms with van der Waals surface area (Å²) in [4.78, 5) is -0.138. The van der Waals surface area contributed by atoms with Crippen LogP contribution in [0.4, 0.5) is 10.1 Å². The molecule has 0 aliphatic rings. The molecular formula is C12H13BrFN3O2S. The molecule has 0 saturated heterocycles. The molecule has 1 aromatic heterocycles. The average Bonchev–Trinajstić information content (AvgIpc) is 2.59. The first kappa shape index (κ1) is 15.0. The second-order valence-electron chi connectivity index (χ2n) is 4.35. The fraction of sp³-hybridized carbons (Fsp3) is 0.250. The molecule has 8 heteroatoms. The maximum Gasteiger partial charge on any atom is 0.262 e. The van der Waals surface area contributed by atoms with Crippen LogP contribution in [0.5, 0.6) is 0 Å². The van der Waals surface area contributed by atoms with Crippen molar-refractivity contribution in [3.05, 3.63) is 39.9 Å². The van der Waals surface area contributed by atoms with Crippen LogP contribution in [-0.4, -0.2) is 18.2 Å². The molecule has 108 valence electrons. The molecule has 1 aromatic carbocycles. The maximum atomic E-state index is 13.5. The Morgan fingerprint density at radius 3 is 2.50 bits per heavy atom. The van der Waals surface area contributed by atoms with E-state index in [9.17, 15) is 12.8 Å². The van der Waals surface area contributed by atoms with Gasteiger partial charge in [-0.2, -0.15) is 5.10 Å². The monoisotopic (exact) mass is 361 g/mol. The van der Waals surface area contributed by atoms with Crippen LogP contribution in [0.25, 0.3) is 0 Å². The molecule has 2 aromatic rings. The van der Waals surface area contributed by atoms with Crippen molar-refractivity contribution in [2.24, 2.45) is 7.05 Å². The summed E-state index contributed by atoms with van der Waals surface area (Å²) >= 11 is 2.99. The van der Waals surface area contributed by atoms with Crippen molar-refractivity contribution in [3.8, 4) is 0 Å². The Kier molecular flexibility index (Phi) is 3.88. The largest absolute Gasteiger partial charge is 0.276 e. The van der Waals surface area contributed by atoms with Crippen LogP contribution in [0.3, 0.4) is 0 Å². The molecular weight excluding hydrogens is 349 g/mol. The topological polar surface area (TPSA) is 64.0 Å². The van der Waals surface area contributed by atoms with Crippen LogP contribution < -0.4 is 4.72 Å². The number of aryl methyl sites for hydroxylation is 2. The Balaban J connectivity index is 2.43. The first-order valence-electron chi connectivity index (χ1n) is 5.70. The molecule has 0 amide bonds. The molecule has 0 bridgehead atoms. The zero-order chi connectivity index (χ0) is 15.1. The second kappa shape index (κ2) is 5.17. The van der Waals surface area contributed by atoms with Gasteiger partial charge in [-0.15, -0.1) is 0 Å². The summed E-state index contributed by atoms with van der Waals surface area (Å²) in [7, 11) is -2.13. The molecule has 20 heavy (non-hydrogen) atoms. The fourth-order valence-electron chi connectivity index (χ4n) is 1.76. The molecule has 1 heterocycles. The summed E-state index contributed by atoms with van der Waals surface area (Å²) in [5.41, 5.74) is 1.66. The Labute approximate surface area is 125 Å². The molecule has 0 unspecified atom stereocenters. The van der Waals surface area contributed by atoms with E-state index >= 15 is 0 Å². The number of benzene rings is 1. The van der Waals surface area contributed by atoms with Crippen molar-refractivity contribution < 1.29 is 12.8 Å². The van der Waals surface area contributed by atoms with E-state index in [4.69, 9.17) is 0 Å². The van der Waals surface area contributed by atoms with E-state index in [1.54, 1.807) is 25.6 Å². The van der Waals surface area contributed by atoms with Gasteiger partial charge in [0.05, 0.1) is 26.4 Å². The highest BCUT2D eigenvalue weighted by Crippen LogP contribution is 2.24. The molecule has 0 spiro atoms. The summed E-state index contributed by atoms with van der Waals surface area (Å²) in [6.07, 6.45) is 0. The second-order valence-corrected chi connectivity index (χ2v) is 6.89. The first-order valence-corrected chi connectivity index (χ1v) is 7.98. The van der Waals surface area contributed by atoms with Crippen molar-refractivity contribution in [3.63, 3.8) is 0 Å². The SMILES string of the molecule is Cc1nn(C)c(C)c1NS(=O)(=O)c1ccc(Br)c(F)c1. The molecule has 0 fully saturated rings. The van der Waals surface area contributed by atoms with Gasteiger partial charge < -0.3 is 0 Å². The lowest BCUT2D eigenvalue weighted by Gasteiger charge is -2.09. The van der Waals surface area contributed by atoms with E-state index in [0.29, 0.717) is 17.1 Å². The summed E-state index contributed by atoms with van der Waals surface area (Å²) in [5.74, 6) is -0.632. The number of sulfonamides is 1. The number of aromatic nitrogens is 2. The maximum absolute atomic E-state index is 13.5. The van der Waals surface area contributed by atoms with Gasteiger partial charge in [0.1, 0.15) is 5.82 Å². The van der Waals surface area contributed by atoms with E-state index < -0.39 is 15.8 Å². The Morgan fingerprint density at radius 2 is 2.00 bits per heavy atom. The number of hydrogen-bond acceptors (Lipinski definition) is 3. The van der Waals surface area contributed by atoms with Crippen molar-refractivity contribution >= 4 is 31.6 Å². The minimum absolute atomic E-state index is 0.138. The molecule has 1 N–H and O–H groups in total. The third-order valence-electron chi connectivity index (χ3n) is 2.95. The molecule has 0 aliphatic carbocycles. The number of anilines is 1. The van der Waals surface area contributed by atoms with Gasteiger partial charge >= 0.3 is 0 Å². The van der Waals surface area contributed by atoms with E-state index in [2.05, 4.69) is 25.8 Å². The van der Waals surface area contributed by atoms with E-state index in [0.717, 1.165) is 6.07 Å². The zero-order valence-electron chi connectivity index (χ0n) is 11.1. The van der Waals surface area contributed by atoms with Gasteiger partial charge in [-0.25, -0.2) is 12.8 Å². The highest BCUT2D eigenvalue weighted by Gasteiger charge is 2.20. The molecule has 5 nitrogen and oxygen atoms in total. The van der Waals surface area contributed by atoms with Crippen LogP contribution in [0.15, 0.2) is 27.6 Å². The van der Waals surface area contributed by atoms with Gasteiger partial charge in [0, 0.05) is 7.05 Å². The Morgan fingerprint density at radius 1 is 1.35 bits per heavy atom. The quantitative estimate of drug-likeness (QED) is 0.913. The van der Waals surface area contributed by atoms with Crippen LogP contribution in [0.2, 0.25) is 0 Å². The van der Waals surface area contributed by atoms with Crippen molar-refractivity contribution in [2.75, 3.05) is 4.72 Å². The molecule has 0 radical (unpaired) electrons. The lowest BCUT2D eigenvalue weighted by molar-refractivity contribution is 0.593. The number of rotatable bonds is 3. The van der Waals surface area contributed by atoms with Crippen LogP contribution in [-0.2, 0) is 17.1 Å². The van der Waals surface area contributed by atoms with E-state index in [1.165, 1.54) is 12.1 Å². The average molecular weight is 362 g/mol. The summed E-state index contributed by atoms with van der Waals surface area (Å²) < 4.78 is 42.2. The number of nitrogens with one attached hydrogen (secondary N) is 1. The lowest BCUT2D eigenvalue weighted by atomic mass is 10.3. The van der Waals surface area contributed by atoms with Crippen molar-refractivity contribution in [1.29, 1.82) is 0 Å². The predicted molar refractivity (Wildman–Crippen MR) is 77.6 cm³/mol. The van der Waals surface area contributed by atoms with Crippen LogP contribution >= 0.6 is 15.9 Å². The van der Waals surface area contributed by atoms with Crippen molar-refractivity contribution in [1.82, 2.24) is 9.78 Å². The molecule has 0 saturated carbocycles.